The minimum Gasteiger partial charge on any atom is -0.372 e. The number of hydrogen-bond donors (Lipinski definition) is 2. The molecule has 0 aromatic heterocycles. The van der Waals surface area contributed by atoms with Crippen molar-refractivity contribution in [3.63, 3.8) is 0 Å². The van der Waals surface area contributed by atoms with Crippen molar-refractivity contribution in [1.29, 1.82) is 0 Å². The Morgan fingerprint density at radius 1 is 0.935 bits per heavy atom. The van der Waals surface area contributed by atoms with E-state index in [0.29, 0.717) is 29.0 Å². The second-order valence-corrected chi connectivity index (χ2v) is 9.18. The molecule has 5 rings (SSSR count). The van der Waals surface area contributed by atoms with E-state index < -0.39 is 6.04 Å². The minimum atomic E-state index is -0.594. The molecular weight excluding hydrogens is 479 g/mol. The van der Waals surface area contributed by atoms with Crippen LogP contribution in [0.4, 0.5) is 15.8 Å². The van der Waals surface area contributed by atoms with E-state index in [2.05, 4.69) is 26.6 Å². The summed E-state index contributed by atoms with van der Waals surface area (Å²) in [4.78, 5) is 13.5. The van der Waals surface area contributed by atoms with Crippen LogP contribution >= 0.6 is 27.5 Å². The molecule has 1 heterocycles. The standard InChI is InChI=1S/C25H19BrClFN2O/c26-15-9-10-19(28)17(13-15)25-24-22(29-20-7-3-4-8-21(20)30-25)11-14(12-23(24)31)16-5-1-2-6-18(16)27/h1-10,13-14,25,29-30H,11-12H2. The highest BCUT2D eigenvalue weighted by Gasteiger charge is 2.37. The highest BCUT2D eigenvalue weighted by Crippen LogP contribution is 2.45. The second kappa shape index (κ2) is 8.13. The largest absolute Gasteiger partial charge is 0.372 e. The summed E-state index contributed by atoms with van der Waals surface area (Å²) >= 11 is 9.88. The average molecular weight is 498 g/mol. The van der Waals surface area contributed by atoms with Crippen LogP contribution in [0.1, 0.15) is 35.9 Å². The van der Waals surface area contributed by atoms with E-state index in [1.165, 1.54) is 6.07 Å². The van der Waals surface area contributed by atoms with Crippen LogP contribution in [0.25, 0.3) is 0 Å². The number of Topliss-reactive ketones (excluding diaryl/α,β-unsaturated/α-hetero) is 1. The number of allylic oxidation sites excluding steroid dienone is 1. The lowest BCUT2D eigenvalue weighted by molar-refractivity contribution is -0.116. The topological polar surface area (TPSA) is 41.1 Å². The fourth-order valence-corrected chi connectivity index (χ4v) is 5.16. The van der Waals surface area contributed by atoms with Crippen LogP contribution < -0.4 is 10.6 Å². The summed E-state index contributed by atoms with van der Waals surface area (Å²) < 4.78 is 15.7. The lowest BCUT2D eigenvalue weighted by Gasteiger charge is -2.30. The predicted octanol–water partition coefficient (Wildman–Crippen LogP) is 7.22. The number of benzene rings is 3. The van der Waals surface area contributed by atoms with Crippen LogP contribution in [-0.4, -0.2) is 5.78 Å². The van der Waals surface area contributed by atoms with Crippen molar-refractivity contribution in [3.05, 3.63) is 104 Å². The van der Waals surface area contributed by atoms with Crippen molar-refractivity contribution in [2.75, 3.05) is 10.6 Å². The highest BCUT2D eigenvalue weighted by atomic mass is 79.9. The molecule has 0 spiro atoms. The third kappa shape index (κ3) is 3.77. The zero-order chi connectivity index (χ0) is 21.5. The number of rotatable bonds is 2. The molecule has 1 aliphatic carbocycles. The van der Waals surface area contributed by atoms with E-state index in [4.69, 9.17) is 11.6 Å². The van der Waals surface area contributed by atoms with Gasteiger partial charge < -0.3 is 10.6 Å². The normalized spacial score (nSPS) is 20.3. The molecular formula is C25H19BrClFN2O. The third-order valence-electron chi connectivity index (χ3n) is 5.92. The monoisotopic (exact) mass is 496 g/mol. The first kappa shape index (κ1) is 20.3. The van der Waals surface area contributed by atoms with E-state index >= 15 is 0 Å². The first-order chi connectivity index (χ1) is 15.0. The Kier molecular flexibility index (Phi) is 5.32. The average Bonchev–Trinajstić information content (AvgIpc) is 2.92. The summed E-state index contributed by atoms with van der Waals surface area (Å²) in [6.45, 7) is 0. The second-order valence-electron chi connectivity index (χ2n) is 7.86. The fourth-order valence-electron chi connectivity index (χ4n) is 4.49. The van der Waals surface area contributed by atoms with Gasteiger partial charge in [0.25, 0.3) is 0 Å². The molecule has 156 valence electrons. The lowest BCUT2D eigenvalue weighted by Crippen LogP contribution is -2.27. The Morgan fingerprint density at radius 2 is 1.68 bits per heavy atom. The van der Waals surface area contributed by atoms with E-state index in [-0.39, 0.29) is 17.5 Å². The number of carbonyl (C=O) groups excluding carboxylic acids is 1. The van der Waals surface area contributed by atoms with E-state index in [0.717, 1.165) is 27.1 Å². The molecule has 6 heteroatoms. The quantitative estimate of drug-likeness (QED) is 0.393. The van der Waals surface area contributed by atoms with Crippen LogP contribution in [0.2, 0.25) is 5.02 Å². The zero-order valence-corrected chi connectivity index (χ0v) is 18.8. The van der Waals surface area contributed by atoms with Gasteiger partial charge in [-0.15, -0.1) is 0 Å². The van der Waals surface area contributed by atoms with Gasteiger partial charge in [0.2, 0.25) is 0 Å². The molecule has 0 bridgehead atoms. The molecule has 0 saturated carbocycles. The Morgan fingerprint density at radius 3 is 2.48 bits per heavy atom. The van der Waals surface area contributed by atoms with Gasteiger partial charge in [-0.25, -0.2) is 4.39 Å². The van der Waals surface area contributed by atoms with E-state index in [1.54, 1.807) is 12.1 Å². The number of ketones is 1. The van der Waals surface area contributed by atoms with Gasteiger partial charge in [0, 0.05) is 32.7 Å². The molecule has 1 aliphatic heterocycles. The van der Waals surface area contributed by atoms with Gasteiger partial charge in [0.1, 0.15) is 5.82 Å². The van der Waals surface area contributed by atoms with Crippen LogP contribution in [0, 0.1) is 5.82 Å². The van der Waals surface area contributed by atoms with Crippen molar-refractivity contribution in [1.82, 2.24) is 0 Å². The van der Waals surface area contributed by atoms with E-state index in [1.807, 2.05) is 48.5 Å². The molecule has 2 N–H and O–H groups in total. The number of para-hydroxylation sites is 2. The van der Waals surface area contributed by atoms with Crippen LogP contribution in [-0.2, 0) is 4.79 Å². The smallest absolute Gasteiger partial charge is 0.163 e. The summed E-state index contributed by atoms with van der Waals surface area (Å²) in [5.74, 6) is -0.401. The number of carbonyl (C=O) groups is 1. The number of anilines is 2. The number of hydrogen-bond acceptors (Lipinski definition) is 3. The van der Waals surface area contributed by atoms with Crippen molar-refractivity contribution >= 4 is 44.7 Å². The van der Waals surface area contributed by atoms with Crippen LogP contribution in [0.15, 0.2) is 82.5 Å². The Labute approximate surface area is 193 Å². The first-order valence-corrected chi connectivity index (χ1v) is 11.3. The fraction of sp³-hybridized carbons (Fsp3) is 0.160. The summed E-state index contributed by atoms with van der Waals surface area (Å²) in [6.07, 6.45) is 0.946. The Balaban J connectivity index is 1.65. The number of nitrogens with one attached hydrogen (secondary N) is 2. The Bertz CT molecular complexity index is 1230. The highest BCUT2D eigenvalue weighted by molar-refractivity contribution is 9.10. The van der Waals surface area contributed by atoms with Crippen molar-refractivity contribution < 1.29 is 9.18 Å². The van der Waals surface area contributed by atoms with Gasteiger partial charge in [-0.2, -0.15) is 0 Å². The summed E-state index contributed by atoms with van der Waals surface area (Å²) in [5, 5.41) is 7.53. The number of halogens is 3. The van der Waals surface area contributed by atoms with E-state index in [9.17, 15) is 9.18 Å². The van der Waals surface area contributed by atoms with Gasteiger partial charge in [-0.3, -0.25) is 4.79 Å². The van der Waals surface area contributed by atoms with Crippen LogP contribution in [0.3, 0.4) is 0 Å². The van der Waals surface area contributed by atoms with Gasteiger partial charge in [0.15, 0.2) is 5.78 Å². The third-order valence-corrected chi connectivity index (χ3v) is 6.76. The van der Waals surface area contributed by atoms with Crippen molar-refractivity contribution in [3.8, 4) is 0 Å². The molecule has 3 aromatic rings. The molecule has 0 fully saturated rings. The van der Waals surface area contributed by atoms with Gasteiger partial charge in [-0.1, -0.05) is 57.9 Å². The molecule has 0 saturated heterocycles. The summed E-state index contributed by atoms with van der Waals surface area (Å²) in [5.41, 5.74) is 4.47. The first-order valence-electron chi connectivity index (χ1n) is 10.1. The molecule has 0 radical (unpaired) electrons. The summed E-state index contributed by atoms with van der Waals surface area (Å²) in [6, 6.07) is 19.6. The van der Waals surface area contributed by atoms with Gasteiger partial charge in [-0.05, 0) is 54.3 Å². The number of fused-ring (bicyclic) bond motifs is 1. The van der Waals surface area contributed by atoms with Crippen molar-refractivity contribution in [2.45, 2.75) is 24.8 Å². The van der Waals surface area contributed by atoms with Gasteiger partial charge in [0.05, 0.1) is 17.4 Å². The molecule has 3 aromatic carbocycles. The molecule has 2 unspecified atom stereocenters. The zero-order valence-electron chi connectivity index (χ0n) is 16.5. The summed E-state index contributed by atoms with van der Waals surface area (Å²) in [7, 11) is 0. The lowest BCUT2D eigenvalue weighted by atomic mass is 9.78. The SMILES string of the molecule is O=C1CC(c2ccccc2Cl)CC2=C1C(c1cc(Br)ccc1F)Nc1ccccc1N2. The maximum atomic E-state index is 14.9. The van der Waals surface area contributed by atoms with Crippen molar-refractivity contribution in [2.24, 2.45) is 0 Å². The van der Waals surface area contributed by atoms with Crippen LogP contribution in [0.5, 0.6) is 0 Å². The molecule has 2 aliphatic rings. The molecule has 2 atom stereocenters. The molecule has 3 nitrogen and oxygen atoms in total. The minimum absolute atomic E-state index is 0.0108. The maximum absolute atomic E-state index is 14.9. The molecule has 0 amide bonds. The maximum Gasteiger partial charge on any atom is 0.163 e. The van der Waals surface area contributed by atoms with Gasteiger partial charge >= 0.3 is 0 Å². The Hall–Kier alpha value is -2.63. The predicted molar refractivity (Wildman–Crippen MR) is 126 cm³/mol. The molecule has 31 heavy (non-hydrogen) atoms.